The van der Waals surface area contributed by atoms with E-state index in [9.17, 15) is 22.4 Å². The quantitative estimate of drug-likeness (QED) is 0.693. The molecule has 9 heteroatoms. The summed E-state index contributed by atoms with van der Waals surface area (Å²) in [4.78, 5) is 15.0. The Morgan fingerprint density at radius 3 is 2.43 bits per heavy atom. The van der Waals surface area contributed by atoms with Crippen LogP contribution in [0, 0.1) is 5.82 Å². The maximum atomic E-state index is 14.0. The van der Waals surface area contributed by atoms with Gasteiger partial charge < -0.3 is 10.5 Å². The molecule has 0 fully saturated rings. The molecule has 0 radical (unpaired) electrons. The highest BCUT2D eigenvalue weighted by Gasteiger charge is 2.33. The van der Waals surface area contributed by atoms with E-state index >= 15 is 0 Å². The third-order valence-corrected chi connectivity index (χ3v) is 2.80. The maximum Gasteiger partial charge on any atom is 0.433 e. The van der Waals surface area contributed by atoms with Gasteiger partial charge in [0, 0.05) is 18.2 Å². The van der Waals surface area contributed by atoms with E-state index < -0.39 is 23.2 Å². The van der Waals surface area contributed by atoms with Crippen LogP contribution in [0.4, 0.5) is 23.2 Å². The second-order valence-electron chi connectivity index (χ2n) is 4.99. The predicted octanol–water partition coefficient (Wildman–Crippen LogP) is 2.76. The third kappa shape index (κ3) is 3.61. The van der Waals surface area contributed by atoms with Gasteiger partial charge in [0.25, 0.3) is 5.56 Å². The fourth-order valence-electron chi connectivity index (χ4n) is 1.84. The van der Waals surface area contributed by atoms with E-state index in [1.54, 1.807) is 13.8 Å². The minimum atomic E-state index is -4.76. The summed E-state index contributed by atoms with van der Waals surface area (Å²) in [5.74, 6) is -0.773. The van der Waals surface area contributed by atoms with Gasteiger partial charge in [-0.1, -0.05) is 0 Å². The van der Waals surface area contributed by atoms with Gasteiger partial charge in [-0.15, -0.1) is 0 Å². The lowest BCUT2D eigenvalue weighted by Gasteiger charge is -2.15. The first-order chi connectivity index (χ1) is 10.6. The Labute approximate surface area is 128 Å². The Kier molecular flexibility index (Phi) is 4.31. The van der Waals surface area contributed by atoms with Gasteiger partial charge in [-0.05, 0) is 13.8 Å². The first kappa shape index (κ1) is 16.8. The average Bonchev–Trinajstić information content (AvgIpc) is 2.41. The summed E-state index contributed by atoms with van der Waals surface area (Å²) in [5, 5.41) is 0. The lowest BCUT2D eigenvalue weighted by atomic mass is 10.2. The summed E-state index contributed by atoms with van der Waals surface area (Å²) in [7, 11) is 0. The van der Waals surface area contributed by atoms with Crippen LogP contribution >= 0.6 is 0 Å². The first-order valence-corrected chi connectivity index (χ1v) is 6.51. The molecule has 0 saturated carbocycles. The smallest absolute Gasteiger partial charge is 0.433 e. The van der Waals surface area contributed by atoms with E-state index in [0.717, 1.165) is 12.1 Å². The summed E-state index contributed by atoms with van der Waals surface area (Å²) in [5.41, 5.74) is 2.89. The molecule has 1 aromatic heterocycles. The number of ether oxygens (including phenoxy) is 1. The molecule has 124 valence electrons. The standard InChI is InChI=1S/C14H13F4N3O2/c1-7(2)23-11-4-10(8(15)3-9(11)19)21-6-20-12(5-13(21)22)14(16,17)18/h3-7H,19H2,1-2H3. The molecule has 23 heavy (non-hydrogen) atoms. The van der Waals surface area contributed by atoms with Gasteiger partial charge in [0.05, 0.1) is 17.5 Å². The molecular weight excluding hydrogens is 318 g/mol. The highest BCUT2D eigenvalue weighted by atomic mass is 19.4. The molecule has 0 saturated heterocycles. The maximum absolute atomic E-state index is 14.0. The predicted molar refractivity (Wildman–Crippen MR) is 75.0 cm³/mol. The monoisotopic (exact) mass is 331 g/mol. The third-order valence-electron chi connectivity index (χ3n) is 2.80. The van der Waals surface area contributed by atoms with Gasteiger partial charge in [0.1, 0.15) is 17.9 Å². The number of rotatable bonds is 3. The summed E-state index contributed by atoms with van der Waals surface area (Å²) in [6.45, 7) is 3.43. The molecule has 0 aliphatic heterocycles. The number of nitrogens with zero attached hydrogens (tertiary/aromatic N) is 2. The lowest BCUT2D eigenvalue weighted by Crippen LogP contribution is -2.23. The summed E-state index contributed by atoms with van der Waals surface area (Å²) >= 11 is 0. The highest BCUT2D eigenvalue weighted by molar-refractivity contribution is 5.58. The minimum Gasteiger partial charge on any atom is -0.489 e. The SMILES string of the molecule is CC(C)Oc1cc(-n2cnc(C(F)(F)F)cc2=O)c(F)cc1N. The molecule has 5 nitrogen and oxygen atoms in total. The van der Waals surface area contributed by atoms with E-state index in [4.69, 9.17) is 10.5 Å². The number of alkyl halides is 3. The summed E-state index contributed by atoms with van der Waals surface area (Å²) < 4.78 is 57.6. The van der Waals surface area contributed by atoms with Gasteiger partial charge >= 0.3 is 6.18 Å². The van der Waals surface area contributed by atoms with Crippen LogP contribution in [-0.2, 0) is 6.18 Å². The van der Waals surface area contributed by atoms with Gasteiger partial charge in [-0.3, -0.25) is 9.36 Å². The van der Waals surface area contributed by atoms with Gasteiger partial charge in [0.2, 0.25) is 0 Å². The van der Waals surface area contributed by atoms with Crippen LogP contribution in [0.1, 0.15) is 19.5 Å². The van der Waals surface area contributed by atoms with Crippen molar-refractivity contribution in [2.75, 3.05) is 5.73 Å². The number of aromatic nitrogens is 2. The van der Waals surface area contributed by atoms with Crippen molar-refractivity contribution < 1.29 is 22.3 Å². The van der Waals surface area contributed by atoms with Crippen LogP contribution in [0.5, 0.6) is 5.75 Å². The molecule has 1 aromatic carbocycles. The van der Waals surface area contributed by atoms with Crippen molar-refractivity contribution in [2.45, 2.75) is 26.1 Å². The van der Waals surface area contributed by atoms with Crippen LogP contribution in [0.25, 0.3) is 5.69 Å². The fraction of sp³-hybridized carbons (Fsp3) is 0.286. The van der Waals surface area contributed by atoms with E-state index in [2.05, 4.69) is 4.98 Å². The molecule has 0 aliphatic carbocycles. The largest absolute Gasteiger partial charge is 0.489 e. The second-order valence-corrected chi connectivity index (χ2v) is 4.99. The molecule has 0 atom stereocenters. The topological polar surface area (TPSA) is 70.1 Å². The average molecular weight is 331 g/mol. The number of nitrogen functional groups attached to an aromatic ring is 1. The van der Waals surface area contributed by atoms with Crippen molar-refractivity contribution in [3.8, 4) is 11.4 Å². The second kappa shape index (κ2) is 5.90. The molecule has 0 aliphatic rings. The summed E-state index contributed by atoms with van der Waals surface area (Å²) in [6.07, 6.45) is -4.42. The molecule has 2 rings (SSSR count). The Morgan fingerprint density at radius 2 is 1.91 bits per heavy atom. The number of anilines is 1. The van der Waals surface area contributed by atoms with Gasteiger partial charge in [-0.2, -0.15) is 13.2 Å². The van der Waals surface area contributed by atoms with Gasteiger partial charge in [-0.25, -0.2) is 9.37 Å². The van der Waals surface area contributed by atoms with Gasteiger partial charge in [0.15, 0.2) is 5.69 Å². The molecule has 1 heterocycles. The van der Waals surface area contributed by atoms with E-state index in [0.29, 0.717) is 17.0 Å². The number of nitrogens with two attached hydrogens (primary N) is 1. The van der Waals surface area contributed by atoms with Crippen molar-refractivity contribution in [3.63, 3.8) is 0 Å². The van der Waals surface area contributed by atoms with Crippen molar-refractivity contribution in [1.29, 1.82) is 0 Å². The van der Waals surface area contributed by atoms with Crippen molar-refractivity contribution >= 4 is 5.69 Å². The van der Waals surface area contributed by atoms with Crippen LogP contribution in [0.15, 0.2) is 29.3 Å². The lowest BCUT2D eigenvalue weighted by molar-refractivity contribution is -0.141. The Bertz CT molecular complexity index is 785. The first-order valence-electron chi connectivity index (χ1n) is 6.51. The number of hydrogen-bond acceptors (Lipinski definition) is 4. The Hall–Kier alpha value is -2.58. The molecule has 0 bridgehead atoms. The zero-order chi connectivity index (χ0) is 17.4. The number of benzene rings is 1. The fourth-order valence-corrected chi connectivity index (χ4v) is 1.84. The van der Waals surface area contributed by atoms with Crippen LogP contribution < -0.4 is 16.0 Å². The minimum absolute atomic E-state index is 0.00729. The van der Waals surface area contributed by atoms with Crippen LogP contribution in [-0.4, -0.2) is 15.7 Å². The highest BCUT2D eigenvalue weighted by Crippen LogP contribution is 2.29. The molecule has 2 aromatic rings. The molecule has 2 N–H and O–H groups in total. The normalized spacial score (nSPS) is 11.8. The molecule has 0 spiro atoms. The zero-order valence-electron chi connectivity index (χ0n) is 12.2. The van der Waals surface area contributed by atoms with E-state index in [-0.39, 0.29) is 23.2 Å². The zero-order valence-corrected chi connectivity index (χ0v) is 12.2. The number of halogens is 4. The van der Waals surface area contributed by atoms with E-state index in [1.807, 2.05) is 0 Å². The number of hydrogen-bond donors (Lipinski definition) is 1. The van der Waals surface area contributed by atoms with Crippen molar-refractivity contribution in [3.05, 3.63) is 46.4 Å². The van der Waals surface area contributed by atoms with Crippen molar-refractivity contribution in [1.82, 2.24) is 9.55 Å². The molecular formula is C14H13F4N3O2. The summed E-state index contributed by atoms with van der Waals surface area (Å²) in [6, 6.07) is 2.36. The Balaban J connectivity index is 2.56. The van der Waals surface area contributed by atoms with E-state index in [1.165, 1.54) is 0 Å². The van der Waals surface area contributed by atoms with Crippen LogP contribution in [0.3, 0.4) is 0 Å². The van der Waals surface area contributed by atoms with Crippen molar-refractivity contribution in [2.24, 2.45) is 0 Å². The van der Waals surface area contributed by atoms with Crippen LogP contribution in [0.2, 0.25) is 0 Å². The molecule has 0 unspecified atom stereocenters. The Morgan fingerprint density at radius 1 is 1.26 bits per heavy atom. The molecule has 0 amide bonds.